The fourth-order valence-corrected chi connectivity index (χ4v) is 4.01. The number of rotatable bonds is 3. The highest BCUT2D eigenvalue weighted by Gasteiger charge is 2.43. The number of aliphatic carboxylic acids is 1. The van der Waals surface area contributed by atoms with Crippen molar-refractivity contribution in [2.24, 2.45) is 0 Å². The lowest BCUT2D eigenvalue weighted by atomic mass is 9.98. The minimum Gasteiger partial charge on any atom is -0.486 e. The number of hydrogen-bond acceptors (Lipinski definition) is 5. The number of benzene rings is 1. The Labute approximate surface area is 136 Å². The normalized spacial score (nSPS) is 23.1. The van der Waals surface area contributed by atoms with E-state index in [1.165, 1.54) is 23.9 Å². The van der Waals surface area contributed by atoms with Crippen LogP contribution in [0.2, 0.25) is 5.02 Å². The standard InChI is InChI=1S/C14H14ClNO5S/c15-9-5-8(6-10-11(9)21-3-2-20-10)12(17)16-14(13(18)19)1-4-22-7-14/h5-6H,1-4,7H2,(H,16,17)(H,18,19)/t14-/m1/s1. The molecule has 1 aromatic rings. The molecule has 6 nitrogen and oxygen atoms in total. The first-order valence-electron chi connectivity index (χ1n) is 6.75. The number of carboxylic acids is 1. The third-order valence-corrected chi connectivity index (χ3v) is 5.11. The summed E-state index contributed by atoms with van der Waals surface area (Å²) in [4.78, 5) is 23.9. The summed E-state index contributed by atoms with van der Waals surface area (Å²) in [6.45, 7) is 0.779. The molecule has 8 heteroatoms. The first kappa shape index (κ1) is 15.3. The molecule has 1 aromatic carbocycles. The van der Waals surface area contributed by atoms with Gasteiger partial charge in [-0.25, -0.2) is 4.79 Å². The SMILES string of the molecule is O=C(N[C@]1(C(=O)O)CCSC1)c1cc(Cl)c2c(c1)OCCO2. The average Bonchev–Trinajstić information content (AvgIpc) is 2.97. The van der Waals surface area contributed by atoms with E-state index in [4.69, 9.17) is 21.1 Å². The van der Waals surface area contributed by atoms with Gasteiger partial charge in [0.15, 0.2) is 11.5 Å². The highest BCUT2D eigenvalue weighted by Crippen LogP contribution is 2.38. The predicted molar refractivity (Wildman–Crippen MR) is 82.2 cm³/mol. The zero-order valence-electron chi connectivity index (χ0n) is 11.6. The van der Waals surface area contributed by atoms with Gasteiger partial charge in [0.05, 0.1) is 5.02 Å². The Balaban J connectivity index is 1.86. The van der Waals surface area contributed by atoms with Gasteiger partial charge in [0.25, 0.3) is 5.91 Å². The van der Waals surface area contributed by atoms with Crippen molar-refractivity contribution in [3.63, 3.8) is 0 Å². The number of carboxylic acid groups (broad SMARTS) is 1. The number of thioether (sulfide) groups is 1. The number of hydrogen-bond donors (Lipinski definition) is 2. The quantitative estimate of drug-likeness (QED) is 0.870. The third kappa shape index (κ3) is 2.70. The maximum Gasteiger partial charge on any atom is 0.330 e. The van der Waals surface area contributed by atoms with Crippen LogP contribution in [0, 0.1) is 0 Å². The van der Waals surface area contributed by atoms with Gasteiger partial charge in [-0.3, -0.25) is 4.79 Å². The van der Waals surface area contributed by atoms with Gasteiger partial charge < -0.3 is 19.9 Å². The van der Waals surface area contributed by atoms with E-state index in [0.29, 0.717) is 42.6 Å². The number of ether oxygens (including phenoxy) is 2. The zero-order valence-corrected chi connectivity index (χ0v) is 13.1. The molecular formula is C14H14ClNO5S. The average molecular weight is 344 g/mol. The second-order valence-corrected chi connectivity index (χ2v) is 6.64. The number of fused-ring (bicyclic) bond motifs is 1. The molecule has 2 heterocycles. The van der Waals surface area contributed by atoms with Gasteiger partial charge >= 0.3 is 5.97 Å². The maximum atomic E-state index is 12.4. The summed E-state index contributed by atoms with van der Waals surface area (Å²) in [6.07, 6.45) is 0.400. The summed E-state index contributed by atoms with van der Waals surface area (Å²) in [7, 11) is 0. The molecule has 1 fully saturated rings. The predicted octanol–water partition coefficient (Wildman–Crippen LogP) is 1.80. The van der Waals surface area contributed by atoms with Crippen molar-refractivity contribution in [1.29, 1.82) is 0 Å². The highest BCUT2D eigenvalue weighted by atomic mass is 35.5. The minimum atomic E-state index is -1.22. The van der Waals surface area contributed by atoms with Crippen LogP contribution in [0.5, 0.6) is 11.5 Å². The molecule has 1 amide bonds. The van der Waals surface area contributed by atoms with Gasteiger partial charge in [-0.05, 0) is 24.3 Å². The molecule has 2 aliphatic heterocycles. The number of amides is 1. The van der Waals surface area contributed by atoms with E-state index in [0.717, 1.165) is 0 Å². The van der Waals surface area contributed by atoms with E-state index in [-0.39, 0.29) is 10.6 Å². The molecule has 0 radical (unpaired) electrons. The molecular weight excluding hydrogens is 330 g/mol. The van der Waals surface area contributed by atoms with E-state index in [2.05, 4.69) is 5.32 Å². The van der Waals surface area contributed by atoms with Crippen molar-refractivity contribution in [2.75, 3.05) is 24.7 Å². The number of carbonyl (C=O) groups is 2. The largest absolute Gasteiger partial charge is 0.486 e. The third-order valence-electron chi connectivity index (χ3n) is 3.64. The zero-order chi connectivity index (χ0) is 15.7. The van der Waals surface area contributed by atoms with Crippen molar-refractivity contribution in [1.82, 2.24) is 5.32 Å². The van der Waals surface area contributed by atoms with E-state index in [9.17, 15) is 14.7 Å². The van der Waals surface area contributed by atoms with Gasteiger partial charge in [0.1, 0.15) is 18.8 Å². The Morgan fingerprint density at radius 1 is 1.32 bits per heavy atom. The summed E-state index contributed by atoms with van der Waals surface area (Å²) in [6, 6.07) is 2.98. The van der Waals surface area contributed by atoms with Crippen LogP contribution in [-0.2, 0) is 4.79 Å². The Morgan fingerprint density at radius 3 is 2.77 bits per heavy atom. The summed E-state index contributed by atoms with van der Waals surface area (Å²) >= 11 is 7.61. The molecule has 0 unspecified atom stereocenters. The van der Waals surface area contributed by atoms with Crippen molar-refractivity contribution < 1.29 is 24.2 Å². The van der Waals surface area contributed by atoms with Crippen molar-refractivity contribution >= 4 is 35.2 Å². The van der Waals surface area contributed by atoms with E-state index in [1.54, 1.807) is 0 Å². The molecule has 0 spiro atoms. The van der Waals surface area contributed by atoms with Gasteiger partial charge in [0, 0.05) is 11.3 Å². The summed E-state index contributed by atoms with van der Waals surface area (Å²) in [5.41, 5.74) is -0.964. The topological polar surface area (TPSA) is 84.9 Å². The second-order valence-electron chi connectivity index (χ2n) is 5.13. The minimum absolute atomic E-state index is 0.256. The number of nitrogens with one attached hydrogen (secondary N) is 1. The Hall–Kier alpha value is -1.60. The van der Waals surface area contributed by atoms with Crippen molar-refractivity contribution in [3.8, 4) is 11.5 Å². The molecule has 0 saturated carbocycles. The summed E-state index contributed by atoms with van der Waals surface area (Å²) in [5.74, 6) is 0.363. The van der Waals surface area contributed by atoms with Crippen LogP contribution < -0.4 is 14.8 Å². The van der Waals surface area contributed by atoms with Crippen LogP contribution in [0.15, 0.2) is 12.1 Å². The maximum absolute atomic E-state index is 12.4. The van der Waals surface area contributed by atoms with Crippen molar-refractivity contribution in [2.45, 2.75) is 12.0 Å². The molecule has 3 rings (SSSR count). The summed E-state index contributed by atoms with van der Waals surface area (Å²) < 4.78 is 10.8. The Kier molecular flexibility index (Phi) is 4.10. The van der Waals surface area contributed by atoms with Gasteiger partial charge in [-0.1, -0.05) is 11.6 Å². The van der Waals surface area contributed by atoms with Crippen LogP contribution in [0.3, 0.4) is 0 Å². The highest BCUT2D eigenvalue weighted by molar-refractivity contribution is 7.99. The molecule has 1 saturated heterocycles. The van der Waals surface area contributed by atoms with E-state index in [1.807, 2.05) is 0 Å². The smallest absolute Gasteiger partial charge is 0.330 e. The van der Waals surface area contributed by atoms with Crippen LogP contribution in [0.4, 0.5) is 0 Å². The fraction of sp³-hybridized carbons (Fsp3) is 0.429. The monoisotopic (exact) mass is 343 g/mol. The lowest BCUT2D eigenvalue weighted by Gasteiger charge is -2.25. The number of halogens is 1. The Morgan fingerprint density at radius 2 is 2.09 bits per heavy atom. The fourth-order valence-electron chi connectivity index (χ4n) is 2.42. The van der Waals surface area contributed by atoms with Crippen LogP contribution in [0.1, 0.15) is 16.8 Å². The second kappa shape index (κ2) is 5.89. The van der Waals surface area contributed by atoms with Crippen LogP contribution in [0.25, 0.3) is 0 Å². The molecule has 118 valence electrons. The molecule has 0 bridgehead atoms. The van der Waals surface area contributed by atoms with Gasteiger partial charge in [0.2, 0.25) is 0 Å². The van der Waals surface area contributed by atoms with Crippen LogP contribution in [-0.4, -0.2) is 47.2 Å². The molecule has 22 heavy (non-hydrogen) atoms. The molecule has 0 aliphatic carbocycles. The van der Waals surface area contributed by atoms with Gasteiger partial charge in [-0.15, -0.1) is 0 Å². The molecule has 1 atom stereocenters. The first-order valence-corrected chi connectivity index (χ1v) is 8.28. The van der Waals surface area contributed by atoms with Gasteiger partial charge in [-0.2, -0.15) is 11.8 Å². The lowest BCUT2D eigenvalue weighted by Crippen LogP contribution is -2.54. The Bertz CT molecular complexity index is 630. The van der Waals surface area contributed by atoms with E-state index < -0.39 is 17.4 Å². The molecule has 0 aromatic heterocycles. The molecule has 2 N–H and O–H groups in total. The summed E-state index contributed by atoms with van der Waals surface area (Å²) in [5, 5.41) is 12.3. The van der Waals surface area contributed by atoms with Crippen LogP contribution >= 0.6 is 23.4 Å². The first-order chi connectivity index (χ1) is 10.5. The number of carbonyl (C=O) groups excluding carboxylic acids is 1. The van der Waals surface area contributed by atoms with Crippen molar-refractivity contribution in [3.05, 3.63) is 22.7 Å². The van der Waals surface area contributed by atoms with E-state index >= 15 is 0 Å². The molecule has 2 aliphatic rings. The lowest BCUT2D eigenvalue weighted by molar-refractivity contribution is -0.143.